The van der Waals surface area contributed by atoms with Gasteiger partial charge in [-0.2, -0.15) is 0 Å². The van der Waals surface area contributed by atoms with Gasteiger partial charge in [0.2, 0.25) is 0 Å². The molecule has 1 aromatic heterocycles. The van der Waals surface area contributed by atoms with E-state index in [4.69, 9.17) is 0 Å². The van der Waals surface area contributed by atoms with E-state index >= 15 is 0 Å². The first-order chi connectivity index (χ1) is 7.20. The van der Waals surface area contributed by atoms with Crippen molar-refractivity contribution in [2.75, 3.05) is 0 Å². The SMILES string of the molecule is C=Cc1ccc2ccc(C(C)O)cc2n1. The molecule has 0 saturated carbocycles. The maximum Gasteiger partial charge on any atom is 0.0762 e. The summed E-state index contributed by atoms with van der Waals surface area (Å²) in [6.07, 6.45) is 1.26. The Bertz CT molecular complexity index is 503. The number of hydrogen-bond donors (Lipinski definition) is 1. The first kappa shape index (κ1) is 9.87. The second-order valence-corrected chi connectivity index (χ2v) is 3.57. The fourth-order valence-electron chi connectivity index (χ4n) is 1.52. The Morgan fingerprint density at radius 2 is 2.07 bits per heavy atom. The van der Waals surface area contributed by atoms with Crippen molar-refractivity contribution < 1.29 is 5.11 Å². The van der Waals surface area contributed by atoms with Crippen LogP contribution in [0, 0.1) is 0 Å². The summed E-state index contributed by atoms with van der Waals surface area (Å²) >= 11 is 0. The second-order valence-electron chi connectivity index (χ2n) is 3.57. The summed E-state index contributed by atoms with van der Waals surface area (Å²) < 4.78 is 0. The van der Waals surface area contributed by atoms with Gasteiger partial charge in [0.1, 0.15) is 0 Å². The van der Waals surface area contributed by atoms with Crippen LogP contribution in [0.25, 0.3) is 17.0 Å². The highest BCUT2D eigenvalue weighted by atomic mass is 16.3. The van der Waals surface area contributed by atoms with Gasteiger partial charge in [0.25, 0.3) is 0 Å². The van der Waals surface area contributed by atoms with Crippen LogP contribution in [0.2, 0.25) is 0 Å². The maximum absolute atomic E-state index is 9.46. The van der Waals surface area contributed by atoms with E-state index in [1.165, 1.54) is 0 Å². The second kappa shape index (κ2) is 3.83. The number of aromatic nitrogens is 1. The first-order valence-corrected chi connectivity index (χ1v) is 4.92. The lowest BCUT2D eigenvalue weighted by Gasteiger charge is -2.06. The van der Waals surface area contributed by atoms with Crippen molar-refractivity contribution in [2.24, 2.45) is 0 Å². The number of fused-ring (bicyclic) bond motifs is 1. The van der Waals surface area contributed by atoms with Gasteiger partial charge in [0.05, 0.1) is 17.3 Å². The van der Waals surface area contributed by atoms with Gasteiger partial charge >= 0.3 is 0 Å². The van der Waals surface area contributed by atoms with E-state index < -0.39 is 6.10 Å². The summed E-state index contributed by atoms with van der Waals surface area (Å²) in [4.78, 5) is 4.41. The van der Waals surface area contributed by atoms with Gasteiger partial charge in [-0.3, -0.25) is 0 Å². The number of hydrogen-bond acceptors (Lipinski definition) is 2. The highest BCUT2D eigenvalue weighted by Gasteiger charge is 2.02. The number of aliphatic hydroxyl groups is 1. The third kappa shape index (κ3) is 1.90. The van der Waals surface area contributed by atoms with Crippen molar-refractivity contribution >= 4 is 17.0 Å². The average Bonchev–Trinajstić information content (AvgIpc) is 2.27. The van der Waals surface area contributed by atoms with E-state index in [0.29, 0.717) is 0 Å². The molecule has 0 saturated heterocycles. The molecular formula is C13H13NO. The zero-order valence-corrected chi connectivity index (χ0v) is 8.64. The lowest BCUT2D eigenvalue weighted by atomic mass is 10.1. The van der Waals surface area contributed by atoms with Crippen molar-refractivity contribution in [3.8, 4) is 0 Å². The fraction of sp³-hybridized carbons (Fsp3) is 0.154. The number of rotatable bonds is 2. The van der Waals surface area contributed by atoms with Crippen LogP contribution in [-0.4, -0.2) is 10.1 Å². The average molecular weight is 199 g/mol. The first-order valence-electron chi connectivity index (χ1n) is 4.92. The molecule has 2 nitrogen and oxygen atoms in total. The van der Waals surface area contributed by atoms with Crippen LogP contribution in [-0.2, 0) is 0 Å². The minimum absolute atomic E-state index is 0.455. The maximum atomic E-state index is 9.46. The third-order valence-corrected chi connectivity index (χ3v) is 2.43. The monoisotopic (exact) mass is 199 g/mol. The van der Waals surface area contributed by atoms with Gasteiger partial charge in [0, 0.05) is 5.39 Å². The molecule has 1 unspecified atom stereocenters. The molecule has 1 atom stereocenters. The minimum atomic E-state index is -0.455. The normalized spacial score (nSPS) is 12.7. The summed E-state index contributed by atoms with van der Waals surface area (Å²) in [5, 5.41) is 10.5. The van der Waals surface area contributed by atoms with Crippen molar-refractivity contribution in [3.05, 3.63) is 48.2 Å². The molecule has 0 amide bonds. The molecule has 1 N–H and O–H groups in total. The van der Waals surface area contributed by atoms with Gasteiger partial charge in [-0.15, -0.1) is 0 Å². The van der Waals surface area contributed by atoms with E-state index in [2.05, 4.69) is 11.6 Å². The standard InChI is InChI=1S/C13H13NO/c1-3-12-7-6-10-4-5-11(9(2)15)8-13(10)14-12/h3-9,15H,1H2,2H3. The summed E-state index contributed by atoms with van der Waals surface area (Å²) in [6, 6.07) is 9.73. The van der Waals surface area contributed by atoms with Crippen LogP contribution in [0.3, 0.4) is 0 Å². The Balaban J connectivity index is 2.62. The van der Waals surface area contributed by atoms with Gasteiger partial charge < -0.3 is 5.11 Å². The largest absolute Gasteiger partial charge is 0.389 e. The Kier molecular flexibility index (Phi) is 2.52. The molecule has 1 heterocycles. The van der Waals surface area contributed by atoms with E-state index in [0.717, 1.165) is 22.2 Å². The van der Waals surface area contributed by atoms with E-state index in [-0.39, 0.29) is 0 Å². The Hall–Kier alpha value is -1.67. The zero-order chi connectivity index (χ0) is 10.8. The molecule has 2 aromatic rings. The smallest absolute Gasteiger partial charge is 0.0762 e. The van der Waals surface area contributed by atoms with Crippen LogP contribution in [0.4, 0.5) is 0 Å². The Morgan fingerprint density at radius 1 is 1.33 bits per heavy atom. The van der Waals surface area contributed by atoms with Gasteiger partial charge in [0.15, 0.2) is 0 Å². The van der Waals surface area contributed by atoms with Crippen molar-refractivity contribution in [1.29, 1.82) is 0 Å². The van der Waals surface area contributed by atoms with Crippen LogP contribution in [0.1, 0.15) is 24.3 Å². The predicted molar refractivity (Wildman–Crippen MR) is 62.5 cm³/mol. The van der Waals surface area contributed by atoms with E-state index in [1.807, 2.05) is 30.3 Å². The molecule has 1 aromatic carbocycles. The molecule has 0 fully saturated rings. The predicted octanol–water partition coefficient (Wildman–Crippen LogP) is 2.93. The zero-order valence-electron chi connectivity index (χ0n) is 8.64. The summed E-state index contributed by atoms with van der Waals surface area (Å²) in [5.41, 5.74) is 2.63. The summed E-state index contributed by atoms with van der Waals surface area (Å²) in [5.74, 6) is 0. The van der Waals surface area contributed by atoms with Crippen LogP contribution in [0.15, 0.2) is 36.9 Å². The molecule has 2 heteroatoms. The van der Waals surface area contributed by atoms with E-state index in [9.17, 15) is 5.11 Å². The van der Waals surface area contributed by atoms with Gasteiger partial charge in [-0.05, 0) is 30.7 Å². The van der Waals surface area contributed by atoms with Crippen molar-refractivity contribution in [2.45, 2.75) is 13.0 Å². The molecule has 0 bridgehead atoms. The fourth-order valence-corrected chi connectivity index (χ4v) is 1.52. The topological polar surface area (TPSA) is 33.1 Å². The Morgan fingerprint density at radius 3 is 2.73 bits per heavy atom. The van der Waals surface area contributed by atoms with E-state index in [1.54, 1.807) is 13.0 Å². The van der Waals surface area contributed by atoms with Crippen LogP contribution >= 0.6 is 0 Å². The third-order valence-electron chi connectivity index (χ3n) is 2.43. The lowest BCUT2D eigenvalue weighted by molar-refractivity contribution is 0.199. The van der Waals surface area contributed by atoms with Gasteiger partial charge in [-0.25, -0.2) is 4.98 Å². The molecule has 0 aliphatic rings. The molecule has 0 spiro atoms. The Labute approximate surface area is 88.9 Å². The minimum Gasteiger partial charge on any atom is -0.389 e. The highest BCUT2D eigenvalue weighted by molar-refractivity contribution is 5.80. The van der Waals surface area contributed by atoms with Crippen molar-refractivity contribution in [1.82, 2.24) is 4.98 Å². The highest BCUT2D eigenvalue weighted by Crippen LogP contribution is 2.19. The van der Waals surface area contributed by atoms with Crippen molar-refractivity contribution in [3.63, 3.8) is 0 Å². The number of nitrogens with zero attached hydrogens (tertiary/aromatic N) is 1. The summed E-state index contributed by atoms with van der Waals surface area (Å²) in [7, 11) is 0. The summed E-state index contributed by atoms with van der Waals surface area (Å²) in [6.45, 7) is 5.43. The number of pyridine rings is 1. The van der Waals surface area contributed by atoms with Crippen LogP contribution in [0.5, 0.6) is 0 Å². The molecule has 15 heavy (non-hydrogen) atoms. The number of benzene rings is 1. The molecule has 2 rings (SSSR count). The molecule has 0 aliphatic carbocycles. The van der Waals surface area contributed by atoms with Crippen LogP contribution < -0.4 is 0 Å². The number of aliphatic hydroxyl groups excluding tert-OH is 1. The molecular weight excluding hydrogens is 186 g/mol. The molecule has 76 valence electrons. The quantitative estimate of drug-likeness (QED) is 0.806. The van der Waals surface area contributed by atoms with Gasteiger partial charge in [-0.1, -0.05) is 24.8 Å². The molecule has 0 radical (unpaired) electrons. The lowest BCUT2D eigenvalue weighted by Crippen LogP contribution is -1.91. The molecule has 0 aliphatic heterocycles.